The monoisotopic (exact) mass is 261 g/mol. The van der Waals surface area contributed by atoms with Gasteiger partial charge in [0.2, 0.25) is 0 Å². The first kappa shape index (κ1) is 12.5. The van der Waals surface area contributed by atoms with E-state index >= 15 is 0 Å². The number of carbonyl (C=O) groups is 1. The average molecular weight is 261 g/mol. The van der Waals surface area contributed by atoms with E-state index in [0.29, 0.717) is 5.56 Å². The highest BCUT2D eigenvalue weighted by atomic mass is 16.1. The number of rotatable bonds is 2. The summed E-state index contributed by atoms with van der Waals surface area (Å²) in [5.41, 5.74) is 4.74. The lowest BCUT2D eigenvalue weighted by molar-refractivity contribution is 0.112. The molecule has 0 aliphatic rings. The summed E-state index contributed by atoms with van der Waals surface area (Å²) in [6, 6.07) is 14.0. The molecule has 3 aromatic rings. The van der Waals surface area contributed by atoms with Crippen molar-refractivity contribution in [3.63, 3.8) is 0 Å². The Kier molecular flexibility index (Phi) is 3.07. The normalized spacial score (nSPS) is 10.7. The molecule has 0 N–H and O–H groups in total. The second kappa shape index (κ2) is 4.89. The SMILES string of the molecule is Cc1cccnc1-c1cc(C)c2ccccc2c1C=O. The molecule has 2 aromatic carbocycles. The molecule has 3 rings (SSSR count). The second-order valence-corrected chi connectivity index (χ2v) is 4.99. The first-order valence-corrected chi connectivity index (χ1v) is 6.62. The Balaban J connectivity index is 2.43. The third-order valence-corrected chi connectivity index (χ3v) is 3.68. The van der Waals surface area contributed by atoms with Crippen LogP contribution in [0, 0.1) is 13.8 Å². The summed E-state index contributed by atoms with van der Waals surface area (Å²) in [7, 11) is 0. The summed E-state index contributed by atoms with van der Waals surface area (Å²) < 4.78 is 0. The van der Waals surface area contributed by atoms with Gasteiger partial charge in [-0.25, -0.2) is 0 Å². The Morgan fingerprint density at radius 3 is 2.40 bits per heavy atom. The van der Waals surface area contributed by atoms with E-state index in [-0.39, 0.29) is 0 Å². The van der Waals surface area contributed by atoms with Crippen LogP contribution in [-0.4, -0.2) is 11.3 Å². The van der Waals surface area contributed by atoms with Crippen molar-refractivity contribution in [1.82, 2.24) is 4.98 Å². The molecule has 2 heteroatoms. The van der Waals surface area contributed by atoms with Gasteiger partial charge in [-0.05, 0) is 47.9 Å². The Bertz CT molecular complexity index is 806. The number of hydrogen-bond acceptors (Lipinski definition) is 2. The third kappa shape index (κ3) is 1.90. The molecule has 2 nitrogen and oxygen atoms in total. The van der Waals surface area contributed by atoms with Gasteiger partial charge in [-0.1, -0.05) is 30.3 Å². The number of nitrogens with zero attached hydrogens (tertiary/aromatic N) is 1. The third-order valence-electron chi connectivity index (χ3n) is 3.68. The molecule has 0 atom stereocenters. The molecule has 1 aromatic heterocycles. The molecule has 0 bridgehead atoms. The van der Waals surface area contributed by atoms with Crippen LogP contribution < -0.4 is 0 Å². The molecule has 0 radical (unpaired) electrons. The van der Waals surface area contributed by atoms with Gasteiger partial charge in [-0.3, -0.25) is 9.78 Å². The highest BCUT2D eigenvalue weighted by molar-refractivity contribution is 6.05. The average Bonchev–Trinajstić information content (AvgIpc) is 2.48. The van der Waals surface area contributed by atoms with Gasteiger partial charge in [0.25, 0.3) is 0 Å². The fraction of sp³-hybridized carbons (Fsp3) is 0.111. The van der Waals surface area contributed by atoms with E-state index < -0.39 is 0 Å². The number of aldehydes is 1. The second-order valence-electron chi connectivity index (χ2n) is 4.99. The van der Waals surface area contributed by atoms with Crippen molar-refractivity contribution in [2.75, 3.05) is 0 Å². The van der Waals surface area contributed by atoms with Gasteiger partial charge in [0.1, 0.15) is 0 Å². The van der Waals surface area contributed by atoms with Gasteiger partial charge < -0.3 is 0 Å². The number of benzene rings is 2. The highest BCUT2D eigenvalue weighted by Crippen LogP contribution is 2.32. The summed E-state index contributed by atoms with van der Waals surface area (Å²) >= 11 is 0. The van der Waals surface area contributed by atoms with Crippen LogP contribution in [0.4, 0.5) is 0 Å². The maximum Gasteiger partial charge on any atom is 0.151 e. The Morgan fingerprint density at radius 1 is 0.950 bits per heavy atom. The molecule has 0 aliphatic carbocycles. The van der Waals surface area contributed by atoms with Gasteiger partial charge in [0.15, 0.2) is 6.29 Å². The molecular formula is C18H15NO. The van der Waals surface area contributed by atoms with E-state index in [0.717, 1.165) is 39.4 Å². The van der Waals surface area contributed by atoms with Gasteiger partial charge in [0.05, 0.1) is 5.69 Å². The van der Waals surface area contributed by atoms with Crippen molar-refractivity contribution < 1.29 is 4.79 Å². The van der Waals surface area contributed by atoms with Crippen LogP contribution in [0.1, 0.15) is 21.5 Å². The molecular weight excluding hydrogens is 246 g/mol. The zero-order valence-corrected chi connectivity index (χ0v) is 11.6. The predicted octanol–water partition coefficient (Wildman–Crippen LogP) is 4.33. The van der Waals surface area contributed by atoms with E-state index in [2.05, 4.69) is 18.0 Å². The molecule has 0 aliphatic heterocycles. The first-order valence-electron chi connectivity index (χ1n) is 6.62. The molecule has 0 fully saturated rings. The topological polar surface area (TPSA) is 30.0 Å². The van der Waals surface area contributed by atoms with E-state index in [4.69, 9.17) is 0 Å². The lowest BCUT2D eigenvalue weighted by Crippen LogP contribution is -1.96. The molecule has 98 valence electrons. The van der Waals surface area contributed by atoms with Crippen molar-refractivity contribution in [3.05, 3.63) is 65.4 Å². The van der Waals surface area contributed by atoms with E-state index in [1.165, 1.54) is 0 Å². The summed E-state index contributed by atoms with van der Waals surface area (Å²) in [5, 5.41) is 2.11. The van der Waals surface area contributed by atoms with Gasteiger partial charge in [-0.2, -0.15) is 0 Å². The van der Waals surface area contributed by atoms with E-state index in [1.807, 2.05) is 43.3 Å². The van der Waals surface area contributed by atoms with Crippen molar-refractivity contribution in [3.8, 4) is 11.3 Å². The number of carbonyl (C=O) groups excluding carboxylic acids is 1. The standard InChI is InChI=1S/C18H15NO/c1-12-6-5-9-19-18(12)16-10-13(2)14-7-3-4-8-15(14)17(16)11-20/h3-11H,1-2H3. The van der Waals surface area contributed by atoms with Crippen LogP contribution in [0.3, 0.4) is 0 Å². The Morgan fingerprint density at radius 2 is 1.70 bits per heavy atom. The van der Waals surface area contributed by atoms with Crippen LogP contribution in [0.15, 0.2) is 48.7 Å². The minimum atomic E-state index is 0.716. The van der Waals surface area contributed by atoms with Crippen LogP contribution in [0.5, 0.6) is 0 Å². The maximum absolute atomic E-state index is 11.6. The van der Waals surface area contributed by atoms with E-state index in [1.54, 1.807) is 6.20 Å². The van der Waals surface area contributed by atoms with Gasteiger partial charge >= 0.3 is 0 Å². The number of aromatic nitrogens is 1. The Labute approximate surface area is 118 Å². The molecule has 1 heterocycles. The molecule has 0 unspecified atom stereocenters. The minimum Gasteiger partial charge on any atom is -0.298 e. The summed E-state index contributed by atoms with van der Waals surface area (Å²) in [5.74, 6) is 0. The van der Waals surface area contributed by atoms with Crippen LogP contribution >= 0.6 is 0 Å². The lowest BCUT2D eigenvalue weighted by atomic mass is 9.93. The number of aryl methyl sites for hydroxylation is 2. The zero-order valence-electron chi connectivity index (χ0n) is 11.6. The van der Waals surface area contributed by atoms with Gasteiger partial charge in [0, 0.05) is 17.3 Å². The quantitative estimate of drug-likeness (QED) is 0.643. The zero-order chi connectivity index (χ0) is 14.1. The smallest absolute Gasteiger partial charge is 0.151 e. The van der Waals surface area contributed by atoms with Crippen molar-refractivity contribution in [2.24, 2.45) is 0 Å². The first-order chi connectivity index (χ1) is 9.72. The fourth-order valence-electron chi connectivity index (χ4n) is 2.67. The van der Waals surface area contributed by atoms with Crippen LogP contribution in [0.2, 0.25) is 0 Å². The molecule has 0 saturated heterocycles. The largest absolute Gasteiger partial charge is 0.298 e. The van der Waals surface area contributed by atoms with Crippen molar-refractivity contribution in [1.29, 1.82) is 0 Å². The molecule has 0 spiro atoms. The summed E-state index contributed by atoms with van der Waals surface area (Å²) in [6.07, 6.45) is 2.70. The molecule has 0 saturated carbocycles. The van der Waals surface area contributed by atoms with Crippen molar-refractivity contribution in [2.45, 2.75) is 13.8 Å². The number of pyridine rings is 1. The summed E-state index contributed by atoms with van der Waals surface area (Å²) in [4.78, 5) is 16.1. The highest BCUT2D eigenvalue weighted by Gasteiger charge is 2.13. The van der Waals surface area contributed by atoms with E-state index in [9.17, 15) is 4.79 Å². The number of hydrogen-bond donors (Lipinski definition) is 0. The lowest BCUT2D eigenvalue weighted by Gasteiger charge is -2.12. The van der Waals surface area contributed by atoms with Crippen molar-refractivity contribution >= 4 is 17.1 Å². The van der Waals surface area contributed by atoms with Gasteiger partial charge in [-0.15, -0.1) is 0 Å². The van der Waals surface area contributed by atoms with Crippen LogP contribution in [0.25, 0.3) is 22.0 Å². The minimum absolute atomic E-state index is 0.716. The summed E-state index contributed by atoms with van der Waals surface area (Å²) in [6.45, 7) is 4.08. The maximum atomic E-state index is 11.6. The van der Waals surface area contributed by atoms with Crippen LogP contribution in [-0.2, 0) is 0 Å². The molecule has 20 heavy (non-hydrogen) atoms. The molecule has 0 amide bonds. The fourth-order valence-corrected chi connectivity index (χ4v) is 2.67. The number of fused-ring (bicyclic) bond motifs is 1. The Hall–Kier alpha value is -2.48. The predicted molar refractivity (Wildman–Crippen MR) is 82.0 cm³/mol.